The zero-order valence-electron chi connectivity index (χ0n) is 15.1. The van der Waals surface area contributed by atoms with Gasteiger partial charge in [-0.1, -0.05) is 58.6 Å². The minimum Gasteiger partial charge on any atom is -0.508 e. The van der Waals surface area contributed by atoms with Crippen molar-refractivity contribution >= 4 is 12.4 Å². The molecule has 1 aromatic rings. The summed E-state index contributed by atoms with van der Waals surface area (Å²) in [6.45, 7) is 10.6. The maximum absolute atomic E-state index is 9.77. The quantitative estimate of drug-likeness (QED) is 0.674. The summed E-state index contributed by atoms with van der Waals surface area (Å²) in [4.78, 5) is 2.64. The van der Waals surface area contributed by atoms with Gasteiger partial charge in [-0.05, 0) is 55.0 Å². The number of phenolic OH excluding ortho intramolecular Hbond substituents is 1. The molecule has 0 saturated carbocycles. The summed E-state index contributed by atoms with van der Waals surface area (Å²) in [7, 11) is 0. The van der Waals surface area contributed by atoms with Crippen LogP contribution in [-0.2, 0) is 5.41 Å². The summed E-state index contributed by atoms with van der Waals surface area (Å²) in [5.41, 5.74) is 1.49. The van der Waals surface area contributed by atoms with Crippen molar-refractivity contribution in [2.75, 3.05) is 19.6 Å². The number of likely N-dealkylation sites (tertiary alicyclic amines) is 1. The SMILES string of the molecule is CCCCCCCN1CC[C@](C)(c2cccc(O)c2)[C@@H](C)C1.Cl. The Morgan fingerprint density at radius 1 is 1.22 bits per heavy atom. The van der Waals surface area contributed by atoms with Crippen LogP contribution in [0.1, 0.15) is 64.9 Å². The number of piperidine rings is 1. The van der Waals surface area contributed by atoms with Crippen molar-refractivity contribution in [2.24, 2.45) is 5.92 Å². The molecule has 3 heteroatoms. The highest BCUT2D eigenvalue weighted by Gasteiger charge is 2.37. The van der Waals surface area contributed by atoms with Gasteiger partial charge in [0.1, 0.15) is 5.75 Å². The molecule has 0 unspecified atom stereocenters. The van der Waals surface area contributed by atoms with Crippen LogP contribution in [0.4, 0.5) is 0 Å². The van der Waals surface area contributed by atoms with Crippen LogP contribution >= 0.6 is 12.4 Å². The predicted molar refractivity (Wildman–Crippen MR) is 102 cm³/mol. The highest BCUT2D eigenvalue weighted by Crippen LogP contribution is 2.40. The Bertz CT molecular complexity index is 465. The molecule has 1 heterocycles. The Balaban J connectivity index is 0.00000264. The molecule has 0 aliphatic carbocycles. The van der Waals surface area contributed by atoms with Crippen molar-refractivity contribution in [1.29, 1.82) is 0 Å². The van der Waals surface area contributed by atoms with E-state index in [9.17, 15) is 5.11 Å². The number of unbranched alkanes of at least 4 members (excludes halogenated alkanes) is 4. The van der Waals surface area contributed by atoms with E-state index < -0.39 is 0 Å². The van der Waals surface area contributed by atoms with Gasteiger partial charge in [-0.3, -0.25) is 0 Å². The van der Waals surface area contributed by atoms with Crippen LogP contribution in [0.5, 0.6) is 5.75 Å². The zero-order valence-corrected chi connectivity index (χ0v) is 15.9. The van der Waals surface area contributed by atoms with E-state index >= 15 is 0 Å². The van der Waals surface area contributed by atoms with Crippen molar-refractivity contribution in [3.05, 3.63) is 29.8 Å². The molecule has 2 rings (SSSR count). The predicted octanol–water partition coefficient (Wildman–Crippen LogP) is 5.38. The first-order chi connectivity index (χ1) is 10.6. The topological polar surface area (TPSA) is 23.5 Å². The normalized spacial score (nSPS) is 25.1. The summed E-state index contributed by atoms with van der Waals surface area (Å²) in [6, 6.07) is 7.87. The Kier molecular flexibility index (Phi) is 8.42. The third-order valence-electron chi connectivity index (χ3n) is 5.65. The number of aromatic hydroxyl groups is 1. The van der Waals surface area contributed by atoms with Crippen LogP contribution in [0.3, 0.4) is 0 Å². The average molecular weight is 340 g/mol. The molecule has 1 N–H and O–H groups in total. The molecule has 132 valence electrons. The van der Waals surface area contributed by atoms with E-state index in [0.29, 0.717) is 11.7 Å². The molecular formula is C20H34ClNO. The molecule has 0 bridgehead atoms. The summed E-state index contributed by atoms with van der Waals surface area (Å²) < 4.78 is 0. The Morgan fingerprint density at radius 3 is 2.61 bits per heavy atom. The van der Waals surface area contributed by atoms with Gasteiger partial charge >= 0.3 is 0 Å². The minimum absolute atomic E-state index is 0. The Morgan fingerprint density at radius 2 is 1.96 bits per heavy atom. The number of halogens is 1. The lowest BCUT2D eigenvalue weighted by Crippen LogP contribution is -2.47. The third kappa shape index (κ3) is 5.39. The molecule has 2 nitrogen and oxygen atoms in total. The lowest BCUT2D eigenvalue weighted by Gasteiger charge is -2.45. The second kappa shape index (κ2) is 9.54. The number of hydrogen-bond donors (Lipinski definition) is 1. The molecule has 1 fully saturated rings. The monoisotopic (exact) mass is 339 g/mol. The number of benzene rings is 1. The summed E-state index contributed by atoms with van der Waals surface area (Å²) in [6.07, 6.45) is 8.00. The van der Waals surface area contributed by atoms with Crippen molar-refractivity contribution < 1.29 is 5.11 Å². The van der Waals surface area contributed by atoms with E-state index in [2.05, 4.69) is 31.7 Å². The molecule has 0 spiro atoms. The van der Waals surface area contributed by atoms with E-state index in [4.69, 9.17) is 0 Å². The number of nitrogens with zero attached hydrogens (tertiary/aromatic N) is 1. The summed E-state index contributed by atoms with van der Waals surface area (Å²) >= 11 is 0. The number of rotatable bonds is 7. The first kappa shape index (κ1) is 20.3. The van der Waals surface area contributed by atoms with Gasteiger partial charge in [-0.25, -0.2) is 0 Å². The van der Waals surface area contributed by atoms with Crippen molar-refractivity contribution in [3.8, 4) is 5.75 Å². The molecule has 1 aromatic carbocycles. The Labute approximate surface area is 148 Å². The van der Waals surface area contributed by atoms with E-state index in [0.717, 1.165) is 0 Å². The highest BCUT2D eigenvalue weighted by molar-refractivity contribution is 5.85. The maximum Gasteiger partial charge on any atom is 0.115 e. The molecular weight excluding hydrogens is 306 g/mol. The van der Waals surface area contributed by atoms with Crippen LogP contribution in [0.25, 0.3) is 0 Å². The van der Waals surface area contributed by atoms with Crippen LogP contribution in [-0.4, -0.2) is 29.6 Å². The van der Waals surface area contributed by atoms with Gasteiger partial charge in [-0.2, -0.15) is 0 Å². The van der Waals surface area contributed by atoms with Gasteiger partial charge in [0.05, 0.1) is 0 Å². The lowest BCUT2D eigenvalue weighted by molar-refractivity contribution is 0.109. The number of hydrogen-bond acceptors (Lipinski definition) is 2. The fourth-order valence-electron chi connectivity index (χ4n) is 3.75. The van der Waals surface area contributed by atoms with Gasteiger partial charge in [0.2, 0.25) is 0 Å². The van der Waals surface area contributed by atoms with E-state index in [-0.39, 0.29) is 17.8 Å². The van der Waals surface area contributed by atoms with Crippen molar-refractivity contribution in [3.63, 3.8) is 0 Å². The maximum atomic E-state index is 9.77. The van der Waals surface area contributed by atoms with Crippen LogP contribution in [0, 0.1) is 5.92 Å². The minimum atomic E-state index is 0. The zero-order chi connectivity index (χ0) is 16.0. The van der Waals surface area contributed by atoms with E-state index in [1.165, 1.54) is 63.7 Å². The molecule has 0 radical (unpaired) electrons. The van der Waals surface area contributed by atoms with E-state index in [1.807, 2.05) is 12.1 Å². The molecule has 2 atom stereocenters. The van der Waals surface area contributed by atoms with Crippen molar-refractivity contribution in [1.82, 2.24) is 4.90 Å². The van der Waals surface area contributed by atoms with Crippen LogP contribution in [0.2, 0.25) is 0 Å². The molecule has 1 aliphatic heterocycles. The first-order valence-electron chi connectivity index (χ1n) is 9.08. The first-order valence-corrected chi connectivity index (χ1v) is 9.08. The highest BCUT2D eigenvalue weighted by atomic mass is 35.5. The summed E-state index contributed by atoms with van der Waals surface area (Å²) in [5.74, 6) is 1.02. The van der Waals surface area contributed by atoms with Gasteiger partial charge in [0.15, 0.2) is 0 Å². The number of phenols is 1. The van der Waals surface area contributed by atoms with Crippen LogP contribution < -0.4 is 0 Å². The fourth-order valence-corrected chi connectivity index (χ4v) is 3.75. The van der Waals surface area contributed by atoms with Gasteiger partial charge in [0.25, 0.3) is 0 Å². The lowest BCUT2D eigenvalue weighted by atomic mass is 9.68. The van der Waals surface area contributed by atoms with Crippen LogP contribution in [0.15, 0.2) is 24.3 Å². The van der Waals surface area contributed by atoms with Gasteiger partial charge in [-0.15, -0.1) is 12.4 Å². The summed E-state index contributed by atoms with van der Waals surface area (Å²) in [5, 5.41) is 9.77. The average Bonchev–Trinajstić information content (AvgIpc) is 2.50. The second-order valence-electron chi connectivity index (χ2n) is 7.33. The smallest absolute Gasteiger partial charge is 0.115 e. The molecule has 1 saturated heterocycles. The Hall–Kier alpha value is -0.730. The standard InChI is InChI=1S/C20H33NO.ClH/c1-4-5-6-7-8-13-21-14-12-20(3,17(2)16-21)18-10-9-11-19(22)15-18;/h9-11,15,17,22H,4-8,12-14,16H2,1-3H3;1H/t17-,20-;/m0./s1. The molecule has 0 aromatic heterocycles. The van der Waals surface area contributed by atoms with Gasteiger partial charge < -0.3 is 10.0 Å². The van der Waals surface area contributed by atoms with Gasteiger partial charge in [0, 0.05) is 6.54 Å². The third-order valence-corrected chi connectivity index (χ3v) is 5.65. The molecule has 23 heavy (non-hydrogen) atoms. The second-order valence-corrected chi connectivity index (χ2v) is 7.33. The fraction of sp³-hybridized carbons (Fsp3) is 0.700. The molecule has 0 amide bonds. The molecule has 1 aliphatic rings. The largest absolute Gasteiger partial charge is 0.508 e. The van der Waals surface area contributed by atoms with E-state index in [1.54, 1.807) is 6.07 Å². The van der Waals surface area contributed by atoms with Crippen molar-refractivity contribution in [2.45, 2.75) is 64.7 Å².